The number of aromatic nitrogens is 1. The Bertz CT molecular complexity index is 2400. The number of hydrogen-bond donors (Lipinski definition) is 0. The summed E-state index contributed by atoms with van der Waals surface area (Å²) in [6.07, 6.45) is 1.99. The van der Waals surface area contributed by atoms with E-state index in [-0.39, 0.29) is 0 Å². The van der Waals surface area contributed by atoms with Gasteiger partial charge in [-0.15, -0.1) is 0 Å². The van der Waals surface area contributed by atoms with Crippen LogP contribution in [-0.2, 0) is 0 Å². The molecule has 0 aliphatic carbocycles. The zero-order valence-electron chi connectivity index (χ0n) is 26.2. The van der Waals surface area contributed by atoms with Gasteiger partial charge in [-0.1, -0.05) is 115 Å². The molecule has 0 fully saturated rings. The van der Waals surface area contributed by atoms with E-state index in [1.54, 1.807) is 0 Å². The van der Waals surface area contributed by atoms with Crippen molar-refractivity contribution in [3.05, 3.63) is 188 Å². The molecule has 0 unspecified atom stereocenters. The molecule has 0 amide bonds. The Morgan fingerprint density at radius 3 is 1.31 bits per heavy atom. The molecular formula is C45H31N3. The molecule has 48 heavy (non-hydrogen) atoms. The lowest BCUT2D eigenvalue weighted by Crippen LogP contribution is -2.10. The first kappa shape index (κ1) is 27.8. The summed E-state index contributed by atoms with van der Waals surface area (Å²) in [4.78, 5) is 9.68. The molecule has 8 aromatic carbocycles. The summed E-state index contributed by atoms with van der Waals surface area (Å²) < 4.78 is 0. The van der Waals surface area contributed by atoms with Crippen LogP contribution >= 0.6 is 0 Å². The number of para-hydroxylation sites is 4. The van der Waals surface area contributed by atoms with E-state index in [1.807, 2.05) is 18.3 Å². The molecule has 0 N–H and O–H groups in total. The van der Waals surface area contributed by atoms with Crippen LogP contribution in [-0.4, -0.2) is 4.98 Å². The van der Waals surface area contributed by atoms with Crippen molar-refractivity contribution in [3.63, 3.8) is 0 Å². The summed E-state index contributed by atoms with van der Waals surface area (Å²) in [7, 11) is 0. The zero-order chi connectivity index (χ0) is 31.9. The maximum Gasteiger partial charge on any atom is 0.0709 e. The van der Waals surface area contributed by atoms with Gasteiger partial charge in [-0.25, -0.2) is 0 Å². The molecule has 0 aliphatic heterocycles. The molecule has 1 aromatic heterocycles. The second-order valence-electron chi connectivity index (χ2n) is 12.0. The Balaban J connectivity index is 1.20. The van der Waals surface area contributed by atoms with Crippen LogP contribution in [0.4, 0.5) is 34.1 Å². The summed E-state index contributed by atoms with van der Waals surface area (Å²) in [6, 6.07) is 64.5. The molecule has 9 aromatic rings. The Kier molecular flexibility index (Phi) is 6.80. The summed E-state index contributed by atoms with van der Waals surface area (Å²) in [6.45, 7) is 0. The Labute approximate surface area is 279 Å². The van der Waals surface area contributed by atoms with E-state index in [9.17, 15) is 0 Å². The van der Waals surface area contributed by atoms with Gasteiger partial charge in [0.05, 0.1) is 23.3 Å². The third kappa shape index (κ3) is 4.72. The topological polar surface area (TPSA) is 19.4 Å². The highest BCUT2D eigenvalue weighted by Crippen LogP contribution is 2.45. The number of anilines is 6. The molecule has 0 spiro atoms. The average Bonchev–Trinajstić information content (AvgIpc) is 3.16. The van der Waals surface area contributed by atoms with Gasteiger partial charge in [-0.2, -0.15) is 0 Å². The number of pyridine rings is 1. The Morgan fingerprint density at radius 1 is 0.333 bits per heavy atom. The smallest absolute Gasteiger partial charge is 0.0709 e. The third-order valence-corrected chi connectivity index (χ3v) is 9.22. The maximum absolute atomic E-state index is 5.08. The van der Waals surface area contributed by atoms with E-state index in [2.05, 4.69) is 180 Å². The van der Waals surface area contributed by atoms with E-state index < -0.39 is 0 Å². The van der Waals surface area contributed by atoms with Crippen molar-refractivity contribution in [1.29, 1.82) is 0 Å². The van der Waals surface area contributed by atoms with E-state index in [4.69, 9.17) is 4.98 Å². The van der Waals surface area contributed by atoms with Gasteiger partial charge in [0, 0.05) is 33.7 Å². The minimum absolute atomic E-state index is 0.952. The van der Waals surface area contributed by atoms with E-state index in [0.717, 1.165) is 45.4 Å². The Morgan fingerprint density at radius 2 is 0.792 bits per heavy atom. The highest BCUT2D eigenvalue weighted by molar-refractivity contribution is 6.27. The lowest BCUT2D eigenvalue weighted by molar-refractivity contribution is 1.23. The van der Waals surface area contributed by atoms with Crippen LogP contribution in [0, 0.1) is 0 Å². The second-order valence-corrected chi connectivity index (χ2v) is 12.0. The van der Waals surface area contributed by atoms with Crippen LogP contribution in [0.1, 0.15) is 0 Å². The predicted octanol–water partition coefficient (Wildman–Crippen LogP) is 12.6. The summed E-state index contributed by atoms with van der Waals surface area (Å²) in [5.41, 5.74) is 8.70. The molecular weight excluding hydrogens is 583 g/mol. The van der Waals surface area contributed by atoms with Crippen molar-refractivity contribution in [2.24, 2.45) is 0 Å². The number of nitrogens with zero attached hydrogens (tertiary/aromatic N) is 3. The lowest BCUT2D eigenvalue weighted by atomic mass is 9.90. The van der Waals surface area contributed by atoms with Crippen LogP contribution < -0.4 is 9.80 Å². The minimum atomic E-state index is 0.952. The van der Waals surface area contributed by atoms with Crippen LogP contribution in [0.25, 0.3) is 43.6 Å². The highest BCUT2D eigenvalue weighted by atomic mass is 15.2. The van der Waals surface area contributed by atoms with Crippen LogP contribution in [0.5, 0.6) is 0 Å². The minimum Gasteiger partial charge on any atom is -0.310 e. The third-order valence-electron chi connectivity index (χ3n) is 9.22. The Hall–Kier alpha value is -6.45. The van der Waals surface area contributed by atoms with Gasteiger partial charge in [0.15, 0.2) is 0 Å². The van der Waals surface area contributed by atoms with Gasteiger partial charge in [-0.05, 0) is 93.7 Å². The average molecular weight is 614 g/mol. The van der Waals surface area contributed by atoms with E-state index in [0.29, 0.717) is 0 Å². The monoisotopic (exact) mass is 613 g/mol. The van der Waals surface area contributed by atoms with E-state index in [1.165, 1.54) is 32.3 Å². The van der Waals surface area contributed by atoms with Crippen molar-refractivity contribution in [1.82, 2.24) is 4.98 Å². The second kappa shape index (κ2) is 11.7. The van der Waals surface area contributed by atoms with Crippen LogP contribution in [0.3, 0.4) is 0 Å². The number of benzene rings is 8. The van der Waals surface area contributed by atoms with Gasteiger partial charge in [0.2, 0.25) is 0 Å². The maximum atomic E-state index is 5.08. The molecule has 3 heteroatoms. The molecule has 0 bridgehead atoms. The first-order chi connectivity index (χ1) is 23.8. The van der Waals surface area contributed by atoms with Crippen LogP contribution in [0.2, 0.25) is 0 Å². The fourth-order valence-corrected chi connectivity index (χ4v) is 7.06. The van der Waals surface area contributed by atoms with Crippen molar-refractivity contribution < 1.29 is 0 Å². The fraction of sp³-hybridized carbons (Fsp3) is 0. The quantitative estimate of drug-likeness (QED) is 0.167. The molecule has 0 atom stereocenters. The van der Waals surface area contributed by atoms with Crippen LogP contribution in [0.15, 0.2) is 188 Å². The molecule has 0 radical (unpaired) electrons. The lowest BCUT2D eigenvalue weighted by Gasteiger charge is -2.27. The van der Waals surface area contributed by atoms with Gasteiger partial charge >= 0.3 is 0 Å². The van der Waals surface area contributed by atoms with Gasteiger partial charge in [0.25, 0.3) is 0 Å². The van der Waals surface area contributed by atoms with Gasteiger partial charge in [-0.3, -0.25) is 4.98 Å². The SMILES string of the molecule is c1ccc(N(c2ccccc2)c2ccc(-c3ccc4ccc5c(N(c6ccccc6)c6ccccc6)ccc6ccc3c4c65)nc2)cc1. The molecule has 9 rings (SSSR count). The molecule has 1 heterocycles. The molecule has 0 saturated heterocycles. The summed E-state index contributed by atoms with van der Waals surface area (Å²) in [5.74, 6) is 0. The van der Waals surface area contributed by atoms with Crippen molar-refractivity contribution in [3.8, 4) is 11.3 Å². The highest BCUT2D eigenvalue weighted by Gasteiger charge is 2.20. The van der Waals surface area contributed by atoms with E-state index >= 15 is 0 Å². The largest absolute Gasteiger partial charge is 0.310 e. The molecule has 0 saturated carbocycles. The number of hydrogen-bond acceptors (Lipinski definition) is 3. The molecule has 226 valence electrons. The van der Waals surface area contributed by atoms with Crippen molar-refractivity contribution in [2.45, 2.75) is 0 Å². The zero-order valence-corrected chi connectivity index (χ0v) is 26.2. The normalized spacial score (nSPS) is 11.3. The fourth-order valence-electron chi connectivity index (χ4n) is 7.06. The standard InChI is InChI=1S/C45H31N3/c1-5-13-34(14-6-1)47(35-15-7-2-8-16-35)38-25-29-42(46-31-38)39-26-21-32-23-28-41-43(30-24-33-22-27-40(39)44(32)45(33)41)48(36-17-9-3-10-18-36)37-19-11-4-12-20-37/h1-31H. The first-order valence-electron chi connectivity index (χ1n) is 16.3. The summed E-state index contributed by atoms with van der Waals surface area (Å²) in [5, 5.41) is 7.43. The predicted molar refractivity (Wildman–Crippen MR) is 203 cm³/mol. The number of rotatable bonds is 7. The van der Waals surface area contributed by atoms with Gasteiger partial charge in [0.1, 0.15) is 0 Å². The summed E-state index contributed by atoms with van der Waals surface area (Å²) >= 11 is 0. The first-order valence-corrected chi connectivity index (χ1v) is 16.3. The van der Waals surface area contributed by atoms with Gasteiger partial charge < -0.3 is 9.80 Å². The van der Waals surface area contributed by atoms with Crippen molar-refractivity contribution in [2.75, 3.05) is 9.80 Å². The van der Waals surface area contributed by atoms with Crippen molar-refractivity contribution >= 4 is 66.4 Å². The molecule has 3 nitrogen and oxygen atoms in total. The molecule has 0 aliphatic rings.